The van der Waals surface area contributed by atoms with Crippen molar-refractivity contribution in [1.29, 1.82) is 0 Å². The van der Waals surface area contributed by atoms with Crippen LogP contribution in [0.25, 0.3) is 11.0 Å². The molecule has 0 spiro atoms. The molecule has 1 aliphatic heterocycles. The quantitative estimate of drug-likeness (QED) is 0.343. The number of rotatable bonds is 7. The van der Waals surface area contributed by atoms with Gasteiger partial charge in [-0.3, -0.25) is 19.3 Å². The Morgan fingerprint density at radius 3 is 2.46 bits per heavy atom. The molecule has 2 amide bonds. The van der Waals surface area contributed by atoms with Gasteiger partial charge in [-0.05, 0) is 68.7 Å². The molecule has 39 heavy (non-hydrogen) atoms. The number of anilines is 1. The molecule has 3 heterocycles. The first-order chi connectivity index (χ1) is 18.6. The van der Waals surface area contributed by atoms with Gasteiger partial charge in [0.25, 0.3) is 11.8 Å². The molecule has 0 bridgehead atoms. The van der Waals surface area contributed by atoms with Crippen molar-refractivity contribution >= 4 is 45.2 Å². The van der Waals surface area contributed by atoms with Gasteiger partial charge in [-0.25, -0.2) is 9.78 Å². The van der Waals surface area contributed by atoms with Gasteiger partial charge in [0, 0.05) is 0 Å². The van der Waals surface area contributed by atoms with Crippen molar-refractivity contribution in [2.24, 2.45) is 5.73 Å². The number of fused-ring (bicyclic) bond motifs is 2. The van der Waals surface area contributed by atoms with E-state index in [4.69, 9.17) is 19.6 Å². The Hall–Kier alpha value is -4.51. The molecule has 4 aromatic rings. The minimum Gasteiger partial charge on any atom is -0.484 e. The summed E-state index contributed by atoms with van der Waals surface area (Å²) in [6.45, 7) is 7.05. The molecule has 1 aliphatic rings. The summed E-state index contributed by atoms with van der Waals surface area (Å²) in [5, 5.41) is 0.585. The maximum atomic E-state index is 13.9. The second kappa shape index (κ2) is 9.99. The number of primary amides is 1. The van der Waals surface area contributed by atoms with Crippen LogP contribution >= 0.6 is 11.3 Å². The van der Waals surface area contributed by atoms with Gasteiger partial charge in [-0.15, -0.1) is 0 Å². The zero-order chi connectivity index (χ0) is 28.0. The third-order valence-corrected chi connectivity index (χ3v) is 7.65. The van der Waals surface area contributed by atoms with Crippen molar-refractivity contribution in [1.82, 2.24) is 4.98 Å². The summed E-state index contributed by atoms with van der Waals surface area (Å²) < 4.78 is 16.6. The van der Waals surface area contributed by atoms with E-state index in [1.54, 1.807) is 50.2 Å². The second-order valence-corrected chi connectivity index (χ2v) is 10.1. The minimum atomic E-state index is -0.888. The molecule has 2 N–H and O–H groups in total. The van der Waals surface area contributed by atoms with Crippen LogP contribution in [0, 0.1) is 20.8 Å². The zero-order valence-electron chi connectivity index (χ0n) is 21.7. The van der Waals surface area contributed by atoms with E-state index in [9.17, 15) is 19.2 Å². The molecule has 0 saturated heterocycles. The third-order valence-electron chi connectivity index (χ3n) is 6.52. The molecular weight excluding hydrogens is 522 g/mol. The Labute approximate surface area is 227 Å². The maximum absolute atomic E-state index is 13.9. The highest BCUT2D eigenvalue weighted by molar-refractivity contribution is 7.17. The van der Waals surface area contributed by atoms with Crippen LogP contribution in [0.15, 0.2) is 45.6 Å². The summed E-state index contributed by atoms with van der Waals surface area (Å²) in [4.78, 5) is 57.5. The van der Waals surface area contributed by atoms with E-state index in [0.717, 1.165) is 22.5 Å². The molecular formula is C28H25N3O7S. The summed E-state index contributed by atoms with van der Waals surface area (Å²) in [7, 11) is 0. The number of hydrogen-bond acceptors (Lipinski definition) is 9. The van der Waals surface area contributed by atoms with Gasteiger partial charge in [0.05, 0.1) is 29.3 Å². The van der Waals surface area contributed by atoms with Crippen LogP contribution in [-0.2, 0) is 9.53 Å². The number of carbonyl (C=O) groups excluding carboxylic acids is 3. The number of esters is 1. The number of aromatic nitrogens is 1. The van der Waals surface area contributed by atoms with Crippen LogP contribution in [0.4, 0.5) is 5.13 Å². The number of carbonyl (C=O) groups is 3. The Morgan fingerprint density at radius 1 is 1.10 bits per heavy atom. The fourth-order valence-corrected chi connectivity index (χ4v) is 5.50. The van der Waals surface area contributed by atoms with E-state index >= 15 is 0 Å². The lowest BCUT2D eigenvalue weighted by Crippen LogP contribution is -2.29. The number of nitrogens with zero attached hydrogens (tertiary/aromatic N) is 2. The lowest BCUT2D eigenvalue weighted by Gasteiger charge is -2.22. The number of benzene rings is 2. The predicted molar refractivity (Wildman–Crippen MR) is 145 cm³/mol. The fourth-order valence-electron chi connectivity index (χ4n) is 4.51. The Morgan fingerprint density at radius 2 is 1.79 bits per heavy atom. The number of amides is 2. The van der Waals surface area contributed by atoms with E-state index in [1.165, 1.54) is 4.90 Å². The van der Waals surface area contributed by atoms with Gasteiger partial charge < -0.3 is 19.6 Å². The van der Waals surface area contributed by atoms with Crippen molar-refractivity contribution in [3.63, 3.8) is 0 Å². The largest absolute Gasteiger partial charge is 0.484 e. The lowest BCUT2D eigenvalue weighted by molar-refractivity contribution is -0.119. The second-order valence-electron chi connectivity index (χ2n) is 9.14. The molecule has 2 aromatic carbocycles. The van der Waals surface area contributed by atoms with E-state index in [-0.39, 0.29) is 40.0 Å². The van der Waals surface area contributed by atoms with Crippen LogP contribution < -0.4 is 20.8 Å². The van der Waals surface area contributed by atoms with Gasteiger partial charge in [-0.2, -0.15) is 0 Å². The highest BCUT2D eigenvalue weighted by atomic mass is 32.1. The van der Waals surface area contributed by atoms with E-state index in [0.29, 0.717) is 28.0 Å². The molecule has 5 rings (SSSR count). The number of hydrogen-bond donors (Lipinski definition) is 1. The van der Waals surface area contributed by atoms with Crippen molar-refractivity contribution < 1.29 is 28.3 Å². The number of thiazole rings is 1. The van der Waals surface area contributed by atoms with Gasteiger partial charge >= 0.3 is 5.97 Å². The first kappa shape index (κ1) is 26.1. The van der Waals surface area contributed by atoms with E-state index in [2.05, 4.69) is 4.98 Å². The predicted octanol–water partition coefficient (Wildman–Crippen LogP) is 3.97. The van der Waals surface area contributed by atoms with Crippen molar-refractivity contribution in [3.8, 4) is 5.75 Å². The monoisotopic (exact) mass is 547 g/mol. The van der Waals surface area contributed by atoms with Crippen LogP contribution in [0.5, 0.6) is 5.75 Å². The molecule has 11 heteroatoms. The molecule has 10 nitrogen and oxygen atoms in total. The lowest BCUT2D eigenvalue weighted by atomic mass is 9.97. The normalized spacial score (nSPS) is 14.5. The van der Waals surface area contributed by atoms with Crippen LogP contribution in [0.3, 0.4) is 0 Å². The Kier molecular flexibility index (Phi) is 6.69. The fraction of sp³-hybridized carbons (Fsp3) is 0.250. The van der Waals surface area contributed by atoms with Crippen LogP contribution in [-0.4, -0.2) is 36.0 Å². The first-order valence-corrected chi connectivity index (χ1v) is 13.0. The molecule has 0 radical (unpaired) electrons. The Bertz CT molecular complexity index is 1710. The summed E-state index contributed by atoms with van der Waals surface area (Å²) in [5.41, 5.74) is 8.14. The number of nitrogens with two attached hydrogens (primary N) is 1. The highest BCUT2D eigenvalue weighted by Gasteiger charge is 2.45. The van der Waals surface area contributed by atoms with Crippen molar-refractivity contribution in [3.05, 3.63) is 85.2 Å². The molecule has 1 unspecified atom stereocenters. The summed E-state index contributed by atoms with van der Waals surface area (Å²) in [6.07, 6.45) is 0. The standard InChI is InChI=1S/C28H25N3O7S/c1-5-36-27(35)25-15(4)30-28(39-25)31-22(16-6-8-17(9-7-16)37-12-20(29)32)21-23(33)18-10-13(2)14(3)11-19(18)38-24(21)26(31)34/h6-11,22H,5,12H2,1-4H3,(H2,29,32). The summed E-state index contributed by atoms with van der Waals surface area (Å²) in [6, 6.07) is 9.22. The van der Waals surface area contributed by atoms with E-state index in [1.807, 2.05) is 13.8 Å². The van der Waals surface area contributed by atoms with Gasteiger partial charge in [0.15, 0.2) is 17.2 Å². The average molecular weight is 548 g/mol. The zero-order valence-corrected chi connectivity index (χ0v) is 22.5. The summed E-state index contributed by atoms with van der Waals surface area (Å²) in [5.74, 6) is -1.40. The highest BCUT2D eigenvalue weighted by Crippen LogP contribution is 2.43. The van der Waals surface area contributed by atoms with Crippen molar-refractivity contribution in [2.75, 3.05) is 18.1 Å². The van der Waals surface area contributed by atoms with E-state index < -0.39 is 23.8 Å². The minimum absolute atomic E-state index is 0.0830. The molecule has 0 saturated carbocycles. The molecule has 0 aliphatic carbocycles. The summed E-state index contributed by atoms with van der Waals surface area (Å²) >= 11 is 1.01. The van der Waals surface area contributed by atoms with Gasteiger partial charge in [-0.1, -0.05) is 23.5 Å². The van der Waals surface area contributed by atoms with Gasteiger partial charge in [0.2, 0.25) is 5.76 Å². The van der Waals surface area contributed by atoms with Crippen LogP contribution in [0.1, 0.15) is 61.1 Å². The SMILES string of the molecule is CCOC(=O)c1sc(N2C(=O)c3oc4cc(C)c(C)cc4c(=O)c3C2c2ccc(OCC(N)=O)cc2)nc1C. The number of ether oxygens (including phenoxy) is 2. The van der Waals surface area contributed by atoms with Crippen LogP contribution in [0.2, 0.25) is 0 Å². The molecule has 1 atom stereocenters. The van der Waals surface area contributed by atoms with Gasteiger partial charge in [0.1, 0.15) is 16.2 Å². The molecule has 200 valence electrons. The first-order valence-electron chi connectivity index (χ1n) is 12.2. The molecule has 0 fully saturated rings. The van der Waals surface area contributed by atoms with Crippen molar-refractivity contribution in [2.45, 2.75) is 33.7 Å². The smallest absolute Gasteiger partial charge is 0.350 e. The topological polar surface area (TPSA) is 142 Å². The maximum Gasteiger partial charge on any atom is 0.350 e. The molecule has 2 aromatic heterocycles. The third kappa shape index (κ3) is 4.54. The Balaban J connectivity index is 1.69. The number of aryl methyl sites for hydroxylation is 3. The average Bonchev–Trinajstić information content (AvgIpc) is 3.42.